The van der Waals surface area contributed by atoms with Gasteiger partial charge in [-0.1, -0.05) is 58.3 Å². The minimum absolute atomic E-state index is 0.126. The van der Waals surface area contributed by atoms with Gasteiger partial charge in [0.05, 0.1) is 43.4 Å². The maximum atomic E-state index is 13.0. The van der Waals surface area contributed by atoms with Gasteiger partial charge < -0.3 is 23.1 Å². The van der Waals surface area contributed by atoms with Crippen molar-refractivity contribution in [3.63, 3.8) is 0 Å². The molecule has 2 aromatic carbocycles. The second-order valence-electron chi connectivity index (χ2n) is 13.8. The van der Waals surface area contributed by atoms with E-state index in [4.69, 9.17) is 14.1 Å². The molecule has 1 atom stereocenters. The normalized spacial score (nSPS) is 13.3. The SMILES string of the molecule is CCCCCCCCCCCC[N+](C)(CCCOc1ccc2c(=O)cc3oc4cc(N(CC)CC)ccc4nc-3c2c1)CCCS(=O)(=O)[O-]. The minimum Gasteiger partial charge on any atom is -0.748 e. The first-order valence-electron chi connectivity index (χ1n) is 18.5. The molecular formula is C39H57N3O6S. The van der Waals surface area contributed by atoms with Crippen molar-refractivity contribution in [2.75, 3.05) is 57.0 Å². The Bertz CT molecular complexity index is 1750. The third-order valence-electron chi connectivity index (χ3n) is 9.79. The molecular weight excluding hydrogens is 639 g/mol. The quantitative estimate of drug-likeness (QED) is 0.0250. The molecule has 9 nitrogen and oxygen atoms in total. The number of rotatable bonds is 23. The molecule has 2 aliphatic rings. The number of anilines is 1. The van der Waals surface area contributed by atoms with Gasteiger partial charge >= 0.3 is 0 Å². The van der Waals surface area contributed by atoms with E-state index in [-0.39, 0.29) is 11.2 Å². The van der Waals surface area contributed by atoms with Gasteiger partial charge in [0.15, 0.2) is 16.8 Å². The Morgan fingerprint density at radius 1 is 0.796 bits per heavy atom. The zero-order valence-corrected chi connectivity index (χ0v) is 31.0. The fraction of sp³-hybridized carbons (Fsp3) is 0.590. The Morgan fingerprint density at radius 3 is 2.12 bits per heavy atom. The van der Waals surface area contributed by atoms with Gasteiger partial charge in [-0.25, -0.2) is 13.4 Å². The van der Waals surface area contributed by atoms with Crippen molar-refractivity contribution >= 4 is 37.7 Å². The summed E-state index contributed by atoms with van der Waals surface area (Å²) in [4.78, 5) is 20.2. The van der Waals surface area contributed by atoms with Crippen molar-refractivity contribution in [1.82, 2.24) is 4.98 Å². The first-order valence-corrected chi connectivity index (χ1v) is 20.1. The summed E-state index contributed by atoms with van der Waals surface area (Å²) in [6.45, 7) is 11.1. The number of fused-ring (bicyclic) bond motifs is 4. The molecule has 10 heteroatoms. The molecule has 1 aliphatic heterocycles. The predicted molar refractivity (Wildman–Crippen MR) is 200 cm³/mol. The number of quaternary nitrogens is 1. The number of aromatic nitrogens is 1. The molecule has 0 fully saturated rings. The second kappa shape index (κ2) is 18.7. The van der Waals surface area contributed by atoms with Crippen LogP contribution in [0.4, 0.5) is 5.69 Å². The van der Waals surface area contributed by atoms with E-state index in [0.29, 0.717) is 57.6 Å². The van der Waals surface area contributed by atoms with E-state index in [1.54, 1.807) is 6.07 Å². The predicted octanol–water partition coefficient (Wildman–Crippen LogP) is 8.36. The molecule has 1 unspecified atom stereocenters. The summed E-state index contributed by atoms with van der Waals surface area (Å²) in [7, 11) is -2.07. The van der Waals surface area contributed by atoms with Crippen molar-refractivity contribution in [2.45, 2.75) is 97.8 Å². The topological polar surface area (TPSA) is 113 Å². The molecule has 0 saturated carbocycles. The highest BCUT2D eigenvalue weighted by Crippen LogP contribution is 2.33. The smallest absolute Gasteiger partial charge is 0.190 e. The van der Waals surface area contributed by atoms with Crippen molar-refractivity contribution in [3.8, 4) is 17.2 Å². The van der Waals surface area contributed by atoms with Crippen LogP contribution in [0.1, 0.15) is 97.8 Å². The van der Waals surface area contributed by atoms with Gasteiger partial charge in [-0.3, -0.25) is 4.79 Å². The van der Waals surface area contributed by atoms with Crippen molar-refractivity contribution in [2.24, 2.45) is 0 Å². The Labute approximate surface area is 293 Å². The lowest BCUT2D eigenvalue weighted by atomic mass is 10.0. The molecule has 0 N–H and O–H groups in total. The molecule has 2 aromatic rings. The lowest BCUT2D eigenvalue weighted by molar-refractivity contribution is -0.910. The van der Waals surface area contributed by atoms with Crippen LogP contribution in [-0.2, 0) is 10.1 Å². The Kier molecular flexibility index (Phi) is 14.7. The number of unbranched alkanes of at least 4 members (excludes halogenated alkanes) is 9. The maximum Gasteiger partial charge on any atom is 0.190 e. The van der Waals surface area contributed by atoms with E-state index in [9.17, 15) is 17.8 Å². The van der Waals surface area contributed by atoms with Crippen molar-refractivity contribution < 1.29 is 26.6 Å². The lowest BCUT2D eigenvalue weighted by Gasteiger charge is -2.35. The van der Waals surface area contributed by atoms with Gasteiger partial charge in [0, 0.05) is 60.3 Å². The molecule has 0 radical (unpaired) electrons. The van der Waals surface area contributed by atoms with E-state index >= 15 is 0 Å². The van der Waals surface area contributed by atoms with Gasteiger partial charge in [-0.2, -0.15) is 0 Å². The molecule has 1 aliphatic carbocycles. The van der Waals surface area contributed by atoms with Crippen LogP contribution in [0.3, 0.4) is 0 Å². The second-order valence-corrected chi connectivity index (χ2v) is 15.3. The van der Waals surface area contributed by atoms with Gasteiger partial charge in [-0.15, -0.1) is 0 Å². The van der Waals surface area contributed by atoms with Crippen molar-refractivity contribution in [1.29, 1.82) is 0 Å². The van der Waals surface area contributed by atoms with Crippen LogP contribution in [0.5, 0.6) is 5.75 Å². The van der Waals surface area contributed by atoms with Crippen LogP contribution in [-0.4, -0.2) is 74.6 Å². The van der Waals surface area contributed by atoms with Crippen LogP contribution >= 0.6 is 0 Å². The maximum absolute atomic E-state index is 13.0. The summed E-state index contributed by atoms with van der Waals surface area (Å²) < 4.78 is 47.0. The van der Waals surface area contributed by atoms with Crippen molar-refractivity contribution in [3.05, 3.63) is 52.7 Å². The van der Waals surface area contributed by atoms with Crippen LogP contribution in [0.15, 0.2) is 51.7 Å². The standard InChI is InChI=1S/C39H57N3O6S/c1-5-8-9-10-11-12-13-14-15-16-23-42(4,25-18-27-49(44,45)46)24-17-26-47-32-20-21-33-34(29-32)39-38(30-36(33)43)48-37-28-31(41(6-2)7-3)19-22-35(37)40-39/h19-22,28-30H,5-18,23-27H2,1-4H3. The number of hydrogen-bond acceptors (Lipinski definition) is 8. The van der Waals surface area contributed by atoms with Gasteiger partial charge in [-0.05, 0) is 57.0 Å². The third kappa shape index (κ3) is 11.7. The molecule has 0 spiro atoms. The summed E-state index contributed by atoms with van der Waals surface area (Å²) in [6, 6.07) is 13.0. The summed E-state index contributed by atoms with van der Waals surface area (Å²) in [6.07, 6.45) is 13.8. The van der Waals surface area contributed by atoms with Crippen LogP contribution in [0, 0.1) is 0 Å². The highest BCUT2D eigenvalue weighted by molar-refractivity contribution is 7.85. The summed E-state index contributed by atoms with van der Waals surface area (Å²) in [5, 5.41) is 1.26. The van der Waals surface area contributed by atoms with Crippen LogP contribution in [0.25, 0.3) is 33.3 Å². The van der Waals surface area contributed by atoms with Gasteiger partial charge in [0.1, 0.15) is 17.0 Å². The van der Waals surface area contributed by atoms with Crippen LogP contribution < -0.4 is 15.1 Å². The van der Waals surface area contributed by atoms with E-state index in [2.05, 4.69) is 32.7 Å². The molecule has 0 saturated heterocycles. The first-order chi connectivity index (χ1) is 23.6. The lowest BCUT2D eigenvalue weighted by Crippen LogP contribution is -2.47. The number of hydrogen-bond donors (Lipinski definition) is 0. The molecule has 0 amide bonds. The fourth-order valence-electron chi connectivity index (χ4n) is 6.89. The summed E-state index contributed by atoms with van der Waals surface area (Å²) in [5.74, 6) is 0.771. The van der Waals surface area contributed by atoms with Gasteiger partial charge in [0.25, 0.3) is 0 Å². The highest BCUT2D eigenvalue weighted by atomic mass is 32.2. The highest BCUT2D eigenvalue weighted by Gasteiger charge is 2.22. The minimum atomic E-state index is -4.23. The van der Waals surface area contributed by atoms with E-state index in [1.165, 1.54) is 63.9 Å². The van der Waals surface area contributed by atoms with E-state index in [0.717, 1.165) is 50.2 Å². The van der Waals surface area contributed by atoms with E-state index < -0.39 is 10.1 Å². The fourth-order valence-corrected chi connectivity index (χ4v) is 7.37. The molecule has 1 heterocycles. The largest absolute Gasteiger partial charge is 0.748 e. The zero-order chi connectivity index (χ0) is 35.3. The number of nitrogens with zero attached hydrogens (tertiary/aromatic N) is 3. The molecule has 0 bridgehead atoms. The third-order valence-corrected chi connectivity index (χ3v) is 10.6. The average Bonchev–Trinajstić information content (AvgIpc) is 3.07. The molecule has 4 rings (SSSR count). The molecule has 49 heavy (non-hydrogen) atoms. The average molecular weight is 696 g/mol. The summed E-state index contributed by atoms with van der Waals surface area (Å²) >= 11 is 0. The zero-order valence-electron chi connectivity index (χ0n) is 30.2. The molecule has 0 aromatic heterocycles. The first kappa shape index (κ1) is 38.6. The van der Waals surface area contributed by atoms with Crippen LogP contribution in [0.2, 0.25) is 0 Å². The monoisotopic (exact) mass is 695 g/mol. The molecule has 270 valence electrons. The van der Waals surface area contributed by atoms with Gasteiger partial charge in [0.2, 0.25) is 0 Å². The Hall–Kier alpha value is -3.21. The van der Waals surface area contributed by atoms with E-state index in [1.807, 2.05) is 30.3 Å². The number of ether oxygens (including phenoxy) is 1. The Morgan fingerprint density at radius 2 is 1.45 bits per heavy atom. The number of benzene rings is 3. The Balaban J connectivity index is 1.38. The summed E-state index contributed by atoms with van der Waals surface area (Å²) in [5.41, 5.74) is 2.90.